The highest BCUT2D eigenvalue weighted by atomic mass is 35.5. The first kappa shape index (κ1) is 26.4. The Morgan fingerprint density at radius 3 is 2.22 bits per heavy atom. The van der Waals surface area contributed by atoms with Gasteiger partial charge in [0.2, 0.25) is 0 Å². The summed E-state index contributed by atoms with van der Waals surface area (Å²) in [5.74, 6) is 0.156. The molecule has 5 rings (SSSR count). The van der Waals surface area contributed by atoms with Crippen LogP contribution in [0.3, 0.4) is 0 Å². The number of piperidine rings is 1. The average Bonchev–Trinajstić information content (AvgIpc) is 3.30. The van der Waals surface area contributed by atoms with Crippen LogP contribution >= 0.6 is 11.6 Å². The number of hydrogen-bond donors (Lipinski definition) is 0. The lowest BCUT2D eigenvalue weighted by molar-refractivity contribution is 0.110. The number of benzene rings is 2. The number of rotatable bonds is 6. The number of halogens is 2. The summed E-state index contributed by atoms with van der Waals surface area (Å²) < 4.78 is 43.0. The summed E-state index contributed by atoms with van der Waals surface area (Å²) in [4.78, 5) is 2.82. The molecule has 8 heteroatoms. The third-order valence-corrected chi connectivity index (χ3v) is 11.3. The molecule has 0 radical (unpaired) electrons. The minimum absolute atomic E-state index is 0.267. The Morgan fingerprint density at radius 2 is 1.62 bits per heavy atom. The van der Waals surface area contributed by atoms with Gasteiger partial charge in [-0.15, -0.1) is 0 Å². The number of hydrogen-bond acceptors (Lipinski definition) is 4. The van der Waals surface area contributed by atoms with Crippen molar-refractivity contribution in [2.24, 2.45) is 0 Å². The summed E-state index contributed by atoms with van der Waals surface area (Å²) in [6, 6.07) is 15.0. The van der Waals surface area contributed by atoms with E-state index in [1.165, 1.54) is 17.8 Å². The van der Waals surface area contributed by atoms with Crippen LogP contribution in [0.5, 0.6) is 0 Å². The van der Waals surface area contributed by atoms with Crippen LogP contribution in [0.4, 0.5) is 4.39 Å². The highest BCUT2D eigenvalue weighted by Crippen LogP contribution is 2.48. The van der Waals surface area contributed by atoms with Gasteiger partial charge in [-0.2, -0.15) is 5.10 Å². The van der Waals surface area contributed by atoms with Gasteiger partial charge < -0.3 is 4.90 Å². The molecule has 2 aromatic carbocycles. The minimum atomic E-state index is -3.72. The standard InChI is InChI=1S/C29H35ClFN3O2S/c1-3-34-28(20-21(2)32-34)22-14-18-33(19-15-22)26-12-16-29(17-13-26,23-4-8-25(31)9-5-23)37(35,36)27-10-6-24(30)7-11-27/h4-11,20,22,26H,3,12-19H2,1-2H3. The zero-order valence-electron chi connectivity index (χ0n) is 21.5. The number of aromatic nitrogens is 2. The van der Waals surface area contributed by atoms with Crippen LogP contribution in [-0.2, 0) is 21.1 Å². The molecule has 1 aliphatic carbocycles. The summed E-state index contributed by atoms with van der Waals surface area (Å²) in [7, 11) is -3.72. The molecule has 37 heavy (non-hydrogen) atoms. The normalized spacial score (nSPS) is 23.8. The monoisotopic (exact) mass is 543 g/mol. The molecule has 0 unspecified atom stereocenters. The Bertz CT molecular complexity index is 1320. The first-order valence-electron chi connectivity index (χ1n) is 13.3. The van der Waals surface area contributed by atoms with Gasteiger partial charge in [0.1, 0.15) is 10.6 Å². The Kier molecular flexibility index (Phi) is 7.49. The van der Waals surface area contributed by atoms with E-state index in [1.54, 1.807) is 36.4 Å². The molecular weight excluding hydrogens is 509 g/mol. The zero-order chi connectivity index (χ0) is 26.2. The van der Waals surface area contributed by atoms with Crippen LogP contribution in [0.1, 0.15) is 68.3 Å². The zero-order valence-corrected chi connectivity index (χ0v) is 23.1. The van der Waals surface area contributed by atoms with E-state index < -0.39 is 14.6 Å². The van der Waals surface area contributed by atoms with Gasteiger partial charge in [0, 0.05) is 29.2 Å². The molecule has 5 nitrogen and oxygen atoms in total. The van der Waals surface area contributed by atoms with Gasteiger partial charge in [-0.1, -0.05) is 23.7 Å². The van der Waals surface area contributed by atoms with E-state index in [0.717, 1.165) is 51.0 Å². The quantitative estimate of drug-likeness (QED) is 0.356. The molecule has 1 saturated carbocycles. The maximum absolute atomic E-state index is 14.1. The van der Waals surface area contributed by atoms with Gasteiger partial charge in [-0.05, 0) is 113 Å². The first-order chi connectivity index (χ1) is 17.7. The smallest absolute Gasteiger partial charge is 0.188 e. The molecule has 2 heterocycles. The van der Waals surface area contributed by atoms with Crippen molar-refractivity contribution in [1.29, 1.82) is 0 Å². The van der Waals surface area contributed by atoms with Gasteiger partial charge in [-0.3, -0.25) is 4.68 Å². The van der Waals surface area contributed by atoms with E-state index in [-0.39, 0.29) is 10.7 Å². The molecule has 2 fully saturated rings. The van der Waals surface area contributed by atoms with E-state index in [1.807, 2.05) is 0 Å². The highest BCUT2D eigenvalue weighted by Gasteiger charge is 2.49. The van der Waals surface area contributed by atoms with Crippen molar-refractivity contribution in [3.8, 4) is 0 Å². The van der Waals surface area contributed by atoms with Crippen LogP contribution in [0.25, 0.3) is 0 Å². The van der Waals surface area contributed by atoms with E-state index >= 15 is 0 Å². The van der Waals surface area contributed by atoms with Crippen molar-refractivity contribution in [1.82, 2.24) is 14.7 Å². The summed E-state index contributed by atoms with van der Waals surface area (Å²) in [6.45, 7) is 7.10. The predicted molar refractivity (Wildman–Crippen MR) is 145 cm³/mol. The highest BCUT2D eigenvalue weighted by molar-refractivity contribution is 7.92. The Labute approximate surface area is 224 Å². The van der Waals surface area contributed by atoms with Crippen LogP contribution in [-0.4, -0.2) is 42.2 Å². The molecule has 198 valence electrons. The van der Waals surface area contributed by atoms with E-state index in [2.05, 4.69) is 34.6 Å². The number of sulfone groups is 1. The molecule has 0 amide bonds. The molecule has 1 aromatic heterocycles. The topological polar surface area (TPSA) is 55.2 Å². The second-order valence-corrected chi connectivity index (χ2v) is 13.2. The van der Waals surface area contributed by atoms with Gasteiger partial charge >= 0.3 is 0 Å². The molecule has 1 aliphatic heterocycles. The molecule has 0 atom stereocenters. The summed E-state index contributed by atoms with van der Waals surface area (Å²) in [5, 5.41) is 5.13. The van der Waals surface area contributed by atoms with Crippen molar-refractivity contribution >= 4 is 21.4 Å². The van der Waals surface area contributed by atoms with Crippen molar-refractivity contribution < 1.29 is 12.8 Å². The van der Waals surface area contributed by atoms with Gasteiger partial charge in [0.05, 0.1) is 10.6 Å². The van der Waals surface area contributed by atoms with Gasteiger partial charge in [0.25, 0.3) is 0 Å². The van der Waals surface area contributed by atoms with Crippen LogP contribution in [0, 0.1) is 12.7 Å². The molecule has 1 saturated heterocycles. The molecule has 0 N–H and O–H groups in total. The fourth-order valence-electron chi connectivity index (χ4n) is 6.45. The predicted octanol–water partition coefficient (Wildman–Crippen LogP) is 6.50. The molecular formula is C29H35ClFN3O2S. The number of likely N-dealkylation sites (tertiary alicyclic amines) is 1. The summed E-state index contributed by atoms with van der Waals surface area (Å²) in [6.07, 6.45) is 4.79. The third kappa shape index (κ3) is 4.98. The second kappa shape index (κ2) is 10.5. The Hall–Kier alpha value is -2.22. The summed E-state index contributed by atoms with van der Waals surface area (Å²) >= 11 is 6.04. The lowest BCUT2D eigenvalue weighted by Crippen LogP contribution is -2.48. The van der Waals surface area contributed by atoms with Crippen molar-refractivity contribution in [2.75, 3.05) is 13.1 Å². The largest absolute Gasteiger partial charge is 0.300 e. The van der Waals surface area contributed by atoms with E-state index in [4.69, 9.17) is 11.6 Å². The van der Waals surface area contributed by atoms with E-state index in [9.17, 15) is 12.8 Å². The molecule has 0 bridgehead atoms. The lowest BCUT2D eigenvalue weighted by Gasteiger charge is -2.45. The van der Waals surface area contributed by atoms with Gasteiger partial charge in [-0.25, -0.2) is 12.8 Å². The first-order valence-corrected chi connectivity index (χ1v) is 15.1. The van der Waals surface area contributed by atoms with Gasteiger partial charge in [0.15, 0.2) is 9.84 Å². The molecule has 3 aromatic rings. The van der Waals surface area contributed by atoms with Crippen LogP contribution < -0.4 is 0 Å². The maximum Gasteiger partial charge on any atom is 0.188 e. The molecule has 2 aliphatic rings. The van der Waals surface area contributed by atoms with Crippen molar-refractivity contribution in [2.45, 2.75) is 80.5 Å². The molecule has 0 spiro atoms. The summed E-state index contributed by atoms with van der Waals surface area (Å²) in [5.41, 5.74) is 3.09. The minimum Gasteiger partial charge on any atom is -0.300 e. The third-order valence-electron chi connectivity index (χ3n) is 8.47. The average molecular weight is 544 g/mol. The Balaban J connectivity index is 1.34. The van der Waals surface area contributed by atoms with E-state index in [0.29, 0.717) is 35.4 Å². The fraction of sp³-hybridized carbons (Fsp3) is 0.483. The SMILES string of the molecule is CCn1nc(C)cc1C1CCN(C2CCC(c3ccc(F)cc3)(S(=O)(=O)c3ccc(Cl)cc3)CC2)CC1. The van der Waals surface area contributed by atoms with Crippen LogP contribution in [0.15, 0.2) is 59.5 Å². The number of nitrogens with zero attached hydrogens (tertiary/aromatic N) is 3. The second-order valence-electron chi connectivity index (χ2n) is 10.5. The van der Waals surface area contributed by atoms with Crippen LogP contribution in [0.2, 0.25) is 5.02 Å². The van der Waals surface area contributed by atoms with Crippen molar-refractivity contribution in [3.63, 3.8) is 0 Å². The number of aryl methyl sites for hydroxylation is 2. The Morgan fingerprint density at radius 1 is 1.00 bits per heavy atom. The maximum atomic E-state index is 14.1. The lowest BCUT2D eigenvalue weighted by atomic mass is 9.79. The fourth-order valence-corrected chi connectivity index (χ4v) is 8.74. The van der Waals surface area contributed by atoms with Crippen molar-refractivity contribution in [3.05, 3.63) is 82.4 Å².